The van der Waals surface area contributed by atoms with Crippen molar-refractivity contribution >= 4 is 0 Å². The summed E-state index contributed by atoms with van der Waals surface area (Å²) < 4.78 is 5.58. The summed E-state index contributed by atoms with van der Waals surface area (Å²) in [5, 5.41) is 0. The average Bonchev–Trinajstić information content (AvgIpc) is 2.43. The van der Waals surface area contributed by atoms with Gasteiger partial charge in [-0.1, -0.05) is 13.8 Å². The first-order chi connectivity index (χ1) is 6.50. The van der Waals surface area contributed by atoms with Crippen LogP contribution in [0.1, 0.15) is 49.8 Å². The van der Waals surface area contributed by atoms with E-state index in [1.807, 2.05) is 6.92 Å². The third kappa shape index (κ3) is 2.88. The van der Waals surface area contributed by atoms with Crippen LogP contribution < -0.4 is 5.73 Å². The van der Waals surface area contributed by atoms with Crippen LogP contribution >= 0.6 is 0 Å². The highest BCUT2D eigenvalue weighted by Gasteiger charge is 2.12. The number of furan rings is 1. The van der Waals surface area contributed by atoms with Crippen LogP contribution in [0.15, 0.2) is 10.5 Å². The monoisotopic (exact) mass is 195 g/mol. The van der Waals surface area contributed by atoms with Crippen LogP contribution in [0.5, 0.6) is 0 Å². The zero-order valence-corrected chi connectivity index (χ0v) is 9.63. The molecule has 0 fully saturated rings. The van der Waals surface area contributed by atoms with Gasteiger partial charge in [-0.2, -0.15) is 0 Å². The number of hydrogen-bond acceptors (Lipinski definition) is 2. The van der Waals surface area contributed by atoms with Crippen LogP contribution in [0.25, 0.3) is 0 Å². The van der Waals surface area contributed by atoms with Gasteiger partial charge in [0.1, 0.15) is 11.5 Å². The van der Waals surface area contributed by atoms with E-state index in [-0.39, 0.29) is 6.04 Å². The maximum absolute atomic E-state index is 6.03. The smallest absolute Gasteiger partial charge is 0.121 e. The molecule has 0 unspecified atom stereocenters. The van der Waals surface area contributed by atoms with E-state index in [2.05, 4.69) is 26.8 Å². The molecule has 0 spiro atoms. The van der Waals surface area contributed by atoms with E-state index in [4.69, 9.17) is 10.2 Å². The average molecular weight is 195 g/mol. The highest BCUT2D eigenvalue weighted by molar-refractivity contribution is 5.20. The molecule has 0 radical (unpaired) electrons. The summed E-state index contributed by atoms with van der Waals surface area (Å²) in [6.45, 7) is 8.46. The molecule has 1 aromatic rings. The maximum Gasteiger partial charge on any atom is 0.121 e. The molecule has 0 aromatic carbocycles. The summed E-state index contributed by atoms with van der Waals surface area (Å²) in [6.07, 6.45) is 2.16. The molecule has 0 aliphatic heterocycles. The topological polar surface area (TPSA) is 39.2 Å². The second-order valence-electron chi connectivity index (χ2n) is 4.47. The predicted octanol–water partition coefficient (Wildman–Crippen LogP) is 3.33. The molecule has 2 heteroatoms. The van der Waals surface area contributed by atoms with Gasteiger partial charge in [-0.25, -0.2) is 0 Å². The lowest BCUT2D eigenvalue weighted by molar-refractivity contribution is 0.411. The predicted molar refractivity (Wildman–Crippen MR) is 59.2 cm³/mol. The Balaban J connectivity index is 2.56. The Morgan fingerprint density at radius 1 is 1.29 bits per heavy atom. The Labute approximate surface area is 86.5 Å². The van der Waals surface area contributed by atoms with Gasteiger partial charge in [0, 0.05) is 0 Å². The van der Waals surface area contributed by atoms with Crippen molar-refractivity contribution in [2.75, 3.05) is 0 Å². The molecule has 2 N–H and O–H groups in total. The number of nitrogens with two attached hydrogens (primary N) is 1. The van der Waals surface area contributed by atoms with Crippen LogP contribution in [0.2, 0.25) is 0 Å². The fourth-order valence-electron chi connectivity index (χ4n) is 1.44. The van der Waals surface area contributed by atoms with Gasteiger partial charge in [0.2, 0.25) is 0 Å². The highest BCUT2D eigenvalue weighted by Crippen LogP contribution is 2.23. The summed E-state index contributed by atoms with van der Waals surface area (Å²) in [5.41, 5.74) is 7.23. The minimum absolute atomic E-state index is 0.0600. The quantitative estimate of drug-likeness (QED) is 0.800. The third-order valence-corrected chi connectivity index (χ3v) is 2.61. The summed E-state index contributed by atoms with van der Waals surface area (Å²) in [7, 11) is 0. The van der Waals surface area contributed by atoms with E-state index < -0.39 is 0 Å². The zero-order valence-electron chi connectivity index (χ0n) is 9.63. The van der Waals surface area contributed by atoms with Crippen LogP contribution in [-0.4, -0.2) is 0 Å². The molecule has 1 rings (SSSR count). The Bertz CT molecular complexity index is 269. The number of rotatable bonds is 4. The normalized spacial score (nSPS) is 13.6. The first kappa shape index (κ1) is 11.3. The molecule has 14 heavy (non-hydrogen) atoms. The highest BCUT2D eigenvalue weighted by atomic mass is 16.3. The molecule has 1 heterocycles. The van der Waals surface area contributed by atoms with Crippen molar-refractivity contribution in [3.05, 3.63) is 23.2 Å². The Kier molecular flexibility index (Phi) is 3.76. The van der Waals surface area contributed by atoms with Gasteiger partial charge in [-0.15, -0.1) is 0 Å². The fourth-order valence-corrected chi connectivity index (χ4v) is 1.44. The van der Waals surface area contributed by atoms with Crippen LogP contribution in [0, 0.1) is 19.8 Å². The van der Waals surface area contributed by atoms with Gasteiger partial charge >= 0.3 is 0 Å². The largest absolute Gasteiger partial charge is 0.464 e. The molecular formula is C12H21NO. The minimum Gasteiger partial charge on any atom is -0.464 e. The van der Waals surface area contributed by atoms with Crippen molar-refractivity contribution in [1.29, 1.82) is 0 Å². The Morgan fingerprint density at radius 2 is 1.93 bits per heavy atom. The molecule has 80 valence electrons. The fraction of sp³-hybridized carbons (Fsp3) is 0.667. The van der Waals surface area contributed by atoms with Gasteiger partial charge in [0.05, 0.1) is 6.04 Å². The maximum atomic E-state index is 6.03. The number of hydrogen-bond donors (Lipinski definition) is 1. The minimum atomic E-state index is 0.0600. The van der Waals surface area contributed by atoms with Crippen molar-refractivity contribution in [1.82, 2.24) is 0 Å². The standard InChI is InChI=1S/C12H21NO/c1-8(2)5-6-11(13)12-7-9(3)10(4)14-12/h7-8,11H,5-6,13H2,1-4H3/t11-/m1/s1. The Hall–Kier alpha value is -0.760. The summed E-state index contributed by atoms with van der Waals surface area (Å²) in [5.74, 6) is 2.62. The molecule has 2 nitrogen and oxygen atoms in total. The van der Waals surface area contributed by atoms with Crippen molar-refractivity contribution in [2.24, 2.45) is 11.7 Å². The second-order valence-corrected chi connectivity index (χ2v) is 4.47. The molecule has 0 saturated heterocycles. The summed E-state index contributed by atoms with van der Waals surface area (Å²) in [4.78, 5) is 0. The van der Waals surface area contributed by atoms with Gasteiger partial charge < -0.3 is 10.2 Å². The molecule has 0 saturated carbocycles. The lowest BCUT2D eigenvalue weighted by Crippen LogP contribution is -2.10. The lowest BCUT2D eigenvalue weighted by atomic mass is 10.0. The first-order valence-electron chi connectivity index (χ1n) is 5.33. The van der Waals surface area contributed by atoms with Gasteiger partial charge in [-0.05, 0) is 44.2 Å². The van der Waals surface area contributed by atoms with E-state index in [1.54, 1.807) is 0 Å². The van der Waals surface area contributed by atoms with E-state index >= 15 is 0 Å². The van der Waals surface area contributed by atoms with Crippen molar-refractivity contribution in [3.8, 4) is 0 Å². The molecule has 0 amide bonds. The summed E-state index contributed by atoms with van der Waals surface area (Å²) in [6, 6.07) is 2.12. The third-order valence-electron chi connectivity index (χ3n) is 2.61. The van der Waals surface area contributed by atoms with Crippen molar-refractivity contribution in [2.45, 2.75) is 46.6 Å². The van der Waals surface area contributed by atoms with E-state index in [0.717, 1.165) is 24.4 Å². The first-order valence-corrected chi connectivity index (χ1v) is 5.33. The lowest BCUT2D eigenvalue weighted by Gasteiger charge is -2.10. The summed E-state index contributed by atoms with van der Waals surface area (Å²) >= 11 is 0. The zero-order chi connectivity index (χ0) is 10.7. The molecule has 1 aromatic heterocycles. The van der Waals surface area contributed by atoms with Crippen molar-refractivity contribution in [3.63, 3.8) is 0 Å². The molecule has 0 bridgehead atoms. The molecular weight excluding hydrogens is 174 g/mol. The Morgan fingerprint density at radius 3 is 2.36 bits per heavy atom. The molecule has 0 aliphatic rings. The van der Waals surface area contributed by atoms with Gasteiger partial charge in [-0.3, -0.25) is 0 Å². The van der Waals surface area contributed by atoms with Crippen LogP contribution in [-0.2, 0) is 0 Å². The molecule has 1 atom stereocenters. The SMILES string of the molecule is Cc1cc([C@H](N)CCC(C)C)oc1C. The van der Waals surface area contributed by atoms with E-state index in [0.29, 0.717) is 5.92 Å². The van der Waals surface area contributed by atoms with E-state index in [9.17, 15) is 0 Å². The number of aryl methyl sites for hydroxylation is 2. The van der Waals surface area contributed by atoms with Crippen LogP contribution in [0.4, 0.5) is 0 Å². The molecule has 0 aliphatic carbocycles. The second kappa shape index (κ2) is 4.65. The van der Waals surface area contributed by atoms with E-state index in [1.165, 1.54) is 5.56 Å². The van der Waals surface area contributed by atoms with Crippen LogP contribution in [0.3, 0.4) is 0 Å². The van der Waals surface area contributed by atoms with Gasteiger partial charge in [0.15, 0.2) is 0 Å². The van der Waals surface area contributed by atoms with Gasteiger partial charge in [0.25, 0.3) is 0 Å². The van der Waals surface area contributed by atoms with Crippen molar-refractivity contribution < 1.29 is 4.42 Å².